The molecule has 0 aromatic heterocycles. The van der Waals surface area contributed by atoms with Gasteiger partial charge in [0.2, 0.25) is 0 Å². The van der Waals surface area contributed by atoms with Gasteiger partial charge < -0.3 is 14.9 Å². The fourth-order valence-electron chi connectivity index (χ4n) is 3.25. The fourth-order valence-corrected chi connectivity index (χ4v) is 3.25. The summed E-state index contributed by atoms with van der Waals surface area (Å²) < 4.78 is 5.70. The third kappa shape index (κ3) is 2.79. The van der Waals surface area contributed by atoms with Gasteiger partial charge in [-0.1, -0.05) is 25.5 Å². The van der Waals surface area contributed by atoms with Crippen molar-refractivity contribution < 1.29 is 14.9 Å². The van der Waals surface area contributed by atoms with Gasteiger partial charge in [-0.15, -0.1) is 0 Å². The number of hydrogen-bond acceptors (Lipinski definition) is 3. The van der Waals surface area contributed by atoms with Crippen molar-refractivity contribution >= 4 is 0 Å². The Morgan fingerprint density at radius 3 is 2.67 bits per heavy atom. The molecule has 0 aromatic carbocycles. The van der Waals surface area contributed by atoms with Gasteiger partial charge in [-0.25, -0.2) is 0 Å². The zero-order valence-electron chi connectivity index (χ0n) is 11.9. The standard InChI is InChI=1S/C15H26O3/c1-9(2)12-6-5-10(3)7-11(16)8-15(4)14(18-15)13(12)17/h7,9,11-14,16-17H,5-6,8H2,1-4H3/b10-7-. The van der Waals surface area contributed by atoms with Gasteiger partial charge in [0, 0.05) is 6.42 Å². The maximum Gasteiger partial charge on any atom is 0.113 e. The number of aliphatic hydroxyl groups excluding tert-OH is 2. The first-order chi connectivity index (χ1) is 8.33. The fraction of sp³-hybridized carbons (Fsp3) is 0.867. The second kappa shape index (κ2) is 4.95. The minimum absolute atomic E-state index is 0.105. The summed E-state index contributed by atoms with van der Waals surface area (Å²) >= 11 is 0. The Bertz CT molecular complexity index is 337. The van der Waals surface area contributed by atoms with Crippen LogP contribution in [0.3, 0.4) is 0 Å². The van der Waals surface area contributed by atoms with Gasteiger partial charge in [-0.3, -0.25) is 0 Å². The highest BCUT2D eigenvalue weighted by molar-refractivity contribution is 5.12. The highest BCUT2D eigenvalue weighted by Gasteiger charge is 2.58. The van der Waals surface area contributed by atoms with Crippen LogP contribution in [0.5, 0.6) is 0 Å². The smallest absolute Gasteiger partial charge is 0.113 e. The molecule has 0 radical (unpaired) electrons. The van der Waals surface area contributed by atoms with Crippen molar-refractivity contribution in [3.8, 4) is 0 Å². The van der Waals surface area contributed by atoms with Crippen LogP contribution in [-0.2, 0) is 4.74 Å². The third-order valence-electron chi connectivity index (χ3n) is 4.51. The molecule has 0 spiro atoms. The van der Waals surface area contributed by atoms with E-state index in [1.807, 2.05) is 13.0 Å². The summed E-state index contributed by atoms with van der Waals surface area (Å²) in [6, 6.07) is 0. The summed E-state index contributed by atoms with van der Waals surface area (Å²) in [6.07, 6.45) is 3.46. The second-order valence-corrected chi connectivity index (χ2v) is 6.57. The zero-order chi connectivity index (χ0) is 13.5. The summed E-state index contributed by atoms with van der Waals surface area (Å²) in [5, 5.41) is 20.5. The first-order valence-electron chi connectivity index (χ1n) is 7.05. The maximum absolute atomic E-state index is 10.5. The zero-order valence-corrected chi connectivity index (χ0v) is 11.9. The van der Waals surface area contributed by atoms with Gasteiger partial charge >= 0.3 is 0 Å². The van der Waals surface area contributed by atoms with Gasteiger partial charge in [-0.2, -0.15) is 0 Å². The molecular formula is C15H26O3. The van der Waals surface area contributed by atoms with Crippen molar-refractivity contribution in [1.29, 1.82) is 0 Å². The highest BCUT2D eigenvalue weighted by Crippen LogP contribution is 2.46. The van der Waals surface area contributed by atoms with Crippen molar-refractivity contribution in [3.63, 3.8) is 0 Å². The molecule has 1 saturated heterocycles. The number of hydrogen-bond donors (Lipinski definition) is 2. The minimum Gasteiger partial charge on any atom is -0.390 e. The molecule has 3 nitrogen and oxygen atoms in total. The molecule has 0 saturated carbocycles. The van der Waals surface area contributed by atoms with E-state index in [0.717, 1.165) is 12.8 Å². The van der Waals surface area contributed by atoms with E-state index >= 15 is 0 Å². The van der Waals surface area contributed by atoms with Gasteiger partial charge in [0.15, 0.2) is 0 Å². The van der Waals surface area contributed by atoms with Crippen LogP contribution in [0.15, 0.2) is 11.6 Å². The first-order valence-corrected chi connectivity index (χ1v) is 7.05. The highest BCUT2D eigenvalue weighted by atomic mass is 16.6. The molecule has 1 aliphatic carbocycles. The van der Waals surface area contributed by atoms with Crippen molar-refractivity contribution in [2.45, 2.75) is 70.9 Å². The lowest BCUT2D eigenvalue weighted by Gasteiger charge is -2.27. The molecule has 0 amide bonds. The Hall–Kier alpha value is -0.380. The number of epoxide rings is 1. The van der Waals surface area contributed by atoms with Crippen LogP contribution in [0, 0.1) is 11.8 Å². The number of rotatable bonds is 1. The lowest BCUT2D eigenvalue weighted by Crippen LogP contribution is -2.35. The van der Waals surface area contributed by atoms with E-state index in [1.54, 1.807) is 0 Å². The first kappa shape index (κ1) is 14.0. The summed E-state index contributed by atoms with van der Waals surface area (Å²) in [7, 11) is 0. The van der Waals surface area contributed by atoms with E-state index < -0.39 is 12.2 Å². The molecule has 18 heavy (non-hydrogen) atoms. The Morgan fingerprint density at radius 1 is 1.39 bits per heavy atom. The summed E-state index contributed by atoms with van der Waals surface area (Å²) in [5.74, 6) is 0.723. The monoisotopic (exact) mass is 254 g/mol. The largest absolute Gasteiger partial charge is 0.390 e. The predicted molar refractivity (Wildman–Crippen MR) is 71.2 cm³/mol. The summed E-state index contributed by atoms with van der Waals surface area (Å²) in [5.41, 5.74) is 0.864. The molecule has 2 rings (SSSR count). The molecule has 2 aliphatic rings. The van der Waals surface area contributed by atoms with Crippen LogP contribution in [0.25, 0.3) is 0 Å². The van der Waals surface area contributed by atoms with Gasteiger partial charge in [0.25, 0.3) is 0 Å². The molecule has 1 fully saturated rings. The van der Waals surface area contributed by atoms with E-state index in [0.29, 0.717) is 12.3 Å². The topological polar surface area (TPSA) is 53.0 Å². The quantitative estimate of drug-likeness (QED) is 0.557. The van der Waals surface area contributed by atoms with Crippen molar-refractivity contribution in [3.05, 3.63) is 11.6 Å². The average molecular weight is 254 g/mol. The number of aliphatic hydroxyl groups is 2. The molecule has 0 aromatic rings. The van der Waals surface area contributed by atoms with E-state index in [2.05, 4.69) is 20.8 Å². The van der Waals surface area contributed by atoms with Crippen molar-refractivity contribution in [1.82, 2.24) is 0 Å². The molecule has 104 valence electrons. The van der Waals surface area contributed by atoms with E-state index in [4.69, 9.17) is 4.74 Å². The van der Waals surface area contributed by atoms with Gasteiger partial charge in [0.1, 0.15) is 6.10 Å². The SMILES string of the molecule is C/C1=C/C(O)CC2(C)OC2C(O)C(C(C)C)CC1. The number of ether oxygens (including phenoxy) is 1. The molecule has 2 N–H and O–H groups in total. The molecular weight excluding hydrogens is 228 g/mol. The number of fused-ring (bicyclic) bond motifs is 1. The lowest BCUT2D eigenvalue weighted by molar-refractivity contribution is 0.0504. The van der Waals surface area contributed by atoms with Crippen molar-refractivity contribution in [2.24, 2.45) is 11.8 Å². The molecule has 3 heteroatoms. The van der Waals surface area contributed by atoms with Crippen LogP contribution in [0.4, 0.5) is 0 Å². The lowest BCUT2D eigenvalue weighted by atomic mass is 9.80. The Morgan fingerprint density at radius 2 is 2.06 bits per heavy atom. The Balaban J connectivity index is 2.19. The second-order valence-electron chi connectivity index (χ2n) is 6.57. The average Bonchev–Trinajstić information content (AvgIpc) is 2.88. The van der Waals surface area contributed by atoms with Crippen molar-refractivity contribution in [2.75, 3.05) is 0 Å². The molecule has 5 unspecified atom stereocenters. The summed E-state index contributed by atoms with van der Waals surface area (Å²) in [6.45, 7) is 8.37. The molecule has 0 bridgehead atoms. The molecule has 5 atom stereocenters. The van der Waals surface area contributed by atoms with E-state index in [1.165, 1.54) is 5.57 Å². The van der Waals surface area contributed by atoms with Crippen LogP contribution in [-0.4, -0.2) is 34.1 Å². The minimum atomic E-state index is -0.456. The van der Waals surface area contributed by atoms with Crippen LogP contribution < -0.4 is 0 Å². The molecule has 1 heterocycles. The normalized spacial score (nSPS) is 48.3. The van der Waals surface area contributed by atoms with Crippen LogP contribution in [0.2, 0.25) is 0 Å². The predicted octanol–water partition coefficient (Wildman–Crippen LogP) is 2.27. The van der Waals surface area contributed by atoms with Crippen LogP contribution >= 0.6 is 0 Å². The number of allylic oxidation sites excluding steroid dienone is 1. The van der Waals surface area contributed by atoms with Crippen LogP contribution in [0.1, 0.15) is 47.0 Å². The van der Waals surface area contributed by atoms with Gasteiger partial charge in [0.05, 0.1) is 17.8 Å². The van der Waals surface area contributed by atoms with E-state index in [-0.39, 0.29) is 17.6 Å². The van der Waals surface area contributed by atoms with Gasteiger partial charge in [-0.05, 0) is 38.5 Å². The van der Waals surface area contributed by atoms with E-state index in [9.17, 15) is 10.2 Å². The third-order valence-corrected chi connectivity index (χ3v) is 4.51. The Kier molecular flexibility index (Phi) is 3.86. The summed E-state index contributed by atoms with van der Waals surface area (Å²) in [4.78, 5) is 0. The maximum atomic E-state index is 10.5. The molecule has 1 aliphatic heterocycles. The Labute approximate surface area is 110 Å².